The van der Waals surface area contributed by atoms with Crippen molar-refractivity contribution in [3.05, 3.63) is 35.4 Å². The maximum absolute atomic E-state index is 13.7. The van der Waals surface area contributed by atoms with Crippen molar-refractivity contribution in [3.63, 3.8) is 0 Å². The molecule has 1 fully saturated rings. The molecule has 4 heteroatoms. The Bertz CT molecular complexity index is 383. The van der Waals surface area contributed by atoms with Gasteiger partial charge in [-0.1, -0.05) is 13.0 Å². The van der Waals surface area contributed by atoms with E-state index in [4.69, 9.17) is 0 Å². The van der Waals surface area contributed by atoms with Crippen LogP contribution in [0.15, 0.2) is 18.2 Å². The Balaban J connectivity index is 2.11. The standard InChI is InChI=1S/C15H22F2N2/c1-2-10-19(12-6-8-18-9-7-12)11-13-14(16)4-3-5-15(13)17/h3-5,12,18H,2,6-11H2,1H3. The van der Waals surface area contributed by atoms with Gasteiger partial charge in [-0.25, -0.2) is 8.78 Å². The maximum atomic E-state index is 13.7. The third-order valence-electron chi connectivity index (χ3n) is 3.76. The molecular formula is C15H22F2N2. The van der Waals surface area contributed by atoms with E-state index in [1.54, 1.807) is 0 Å². The molecule has 0 radical (unpaired) electrons. The maximum Gasteiger partial charge on any atom is 0.130 e. The molecule has 1 saturated heterocycles. The first kappa shape index (κ1) is 14.4. The molecule has 2 rings (SSSR count). The highest BCUT2D eigenvalue weighted by molar-refractivity contribution is 5.19. The van der Waals surface area contributed by atoms with E-state index in [2.05, 4.69) is 17.1 Å². The highest BCUT2D eigenvalue weighted by Gasteiger charge is 2.22. The second-order valence-corrected chi connectivity index (χ2v) is 5.15. The highest BCUT2D eigenvalue weighted by atomic mass is 19.1. The summed E-state index contributed by atoms with van der Waals surface area (Å²) in [4.78, 5) is 2.22. The first-order chi connectivity index (χ1) is 9.22. The molecule has 1 aromatic carbocycles. The fraction of sp³-hybridized carbons (Fsp3) is 0.600. The van der Waals surface area contributed by atoms with Gasteiger partial charge in [-0.2, -0.15) is 0 Å². The quantitative estimate of drug-likeness (QED) is 0.883. The molecule has 19 heavy (non-hydrogen) atoms. The molecule has 0 amide bonds. The lowest BCUT2D eigenvalue weighted by molar-refractivity contribution is 0.150. The highest BCUT2D eigenvalue weighted by Crippen LogP contribution is 2.19. The summed E-state index contributed by atoms with van der Waals surface area (Å²) in [5.74, 6) is -0.870. The molecule has 0 spiro atoms. The summed E-state index contributed by atoms with van der Waals surface area (Å²) in [6.45, 7) is 5.34. The van der Waals surface area contributed by atoms with Gasteiger partial charge in [0.25, 0.3) is 0 Å². The summed E-state index contributed by atoms with van der Waals surface area (Å²) in [7, 11) is 0. The Morgan fingerprint density at radius 3 is 2.42 bits per heavy atom. The van der Waals surface area contributed by atoms with Gasteiger partial charge in [0.05, 0.1) is 0 Å². The van der Waals surface area contributed by atoms with Crippen molar-refractivity contribution in [2.24, 2.45) is 0 Å². The summed E-state index contributed by atoms with van der Waals surface area (Å²) in [5.41, 5.74) is 0.203. The number of hydrogen-bond acceptors (Lipinski definition) is 2. The second-order valence-electron chi connectivity index (χ2n) is 5.15. The van der Waals surface area contributed by atoms with Gasteiger partial charge in [-0.3, -0.25) is 4.90 Å². The normalized spacial score (nSPS) is 17.1. The van der Waals surface area contributed by atoms with Gasteiger partial charge in [0.2, 0.25) is 0 Å². The average Bonchev–Trinajstić information content (AvgIpc) is 2.43. The van der Waals surface area contributed by atoms with Crippen LogP contribution in [0.5, 0.6) is 0 Å². The third-order valence-corrected chi connectivity index (χ3v) is 3.76. The van der Waals surface area contributed by atoms with E-state index in [-0.39, 0.29) is 5.56 Å². The molecule has 1 aliphatic rings. The van der Waals surface area contributed by atoms with Gasteiger partial charge < -0.3 is 5.32 Å². The summed E-state index contributed by atoms with van der Waals surface area (Å²) in [5, 5.41) is 3.32. The minimum Gasteiger partial charge on any atom is -0.317 e. The lowest BCUT2D eigenvalue weighted by Crippen LogP contribution is -2.43. The van der Waals surface area contributed by atoms with Crippen molar-refractivity contribution in [3.8, 4) is 0 Å². The molecule has 0 atom stereocenters. The number of nitrogens with zero attached hydrogens (tertiary/aromatic N) is 1. The molecule has 0 unspecified atom stereocenters. The van der Waals surface area contributed by atoms with Crippen LogP contribution in [0.25, 0.3) is 0 Å². The Labute approximate surface area is 113 Å². The summed E-state index contributed by atoms with van der Waals surface area (Å²) in [6, 6.07) is 4.53. The predicted octanol–water partition coefficient (Wildman–Crippen LogP) is 2.93. The van der Waals surface area contributed by atoms with Crippen molar-refractivity contribution in [2.45, 2.75) is 38.8 Å². The second kappa shape index (κ2) is 6.96. The zero-order valence-corrected chi connectivity index (χ0v) is 11.5. The lowest BCUT2D eigenvalue weighted by Gasteiger charge is -2.34. The van der Waals surface area contributed by atoms with Crippen molar-refractivity contribution in [1.82, 2.24) is 10.2 Å². The molecule has 1 heterocycles. The fourth-order valence-electron chi connectivity index (χ4n) is 2.74. The lowest BCUT2D eigenvalue weighted by atomic mass is 10.0. The molecule has 1 aliphatic heterocycles. The summed E-state index contributed by atoms with van der Waals surface area (Å²) in [6.07, 6.45) is 3.10. The molecule has 0 aromatic heterocycles. The van der Waals surface area contributed by atoms with Crippen molar-refractivity contribution in [2.75, 3.05) is 19.6 Å². The van der Waals surface area contributed by atoms with Crippen LogP contribution >= 0.6 is 0 Å². The SMILES string of the molecule is CCCN(Cc1c(F)cccc1F)C1CCNCC1. The summed E-state index contributed by atoms with van der Waals surface area (Å²) < 4.78 is 27.5. The monoisotopic (exact) mass is 268 g/mol. The van der Waals surface area contributed by atoms with Crippen LogP contribution in [-0.2, 0) is 6.54 Å². The van der Waals surface area contributed by atoms with Crippen molar-refractivity contribution >= 4 is 0 Å². The average molecular weight is 268 g/mol. The molecule has 0 bridgehead atoms. The van der Waals surface area contributed by atoms with Crippen LogP contribution in [-0.4, -0.2) is 30.6 Å². The number of halogens is 2. The van der Waals surface area contributed by atoms with E-state index < -0.39 is 11.6 Å². The minimum absolute atomic E-state index is 0.203. The summed E-state index contributed by atoms with van der Waals surface area (Å²) >= 11 is 0. The zero-order valence-electron chi connectivity index (χ0n) is 11.5. The topological polar surface area (TPSA) is 15.3 Å². The first-order valence-electron chi connectivity index (χ1n) is 7.10. The molecule has 106 valence electrons. The van der Waals surface area contributed by atoms with Crippen LogP contribution in [0.4, 0.5) is 8.78 Å². The third kappa shape index (κ3) is 3.74. The largest absolute Gasteiger partial charge is 0.317 e. The molecule has 1 N–H and O–H groups in total. The molecule has 0 aliphatic carbocycles. The van der Waals surface area contributed by atoms with E-state index in [0.717, 1.165) is 38.9 Å². The van der Waals surface area contributed by atoms with Crippen molar-refractivity contribution < 1.29 is 8.78 Å². The van der Waals surface area contributed by atoms with Crippen LogP contribution < -0.4 is 5.32 Å². The Hall–Kier alpha value is -1.00. The minimum atomic E-state index is -0.435. The van der Waals surface area contributed by atoms with Crippen LogP contribution in [0.3, 0.4) is 0 Å². The Morgan fingerprint density at radius 1 is 1.21 bits per heavy atom. The van der Waals surface area contributed by atoms with Crippen LogP contribution in [0, 0.1) is 11.6 Å². The van der Waals surface area contributed by atoms with Gasteiger partial charge in [0.15, 0.2) is 0 Å². The first-order valence-corrected chi connectivity index (χ1v) is 7.10. The van der Waals surface area contributed by atoms with E-state index in [9.17, 15) is 8.78 Å². The molecule has 1 aromatic rings. The van der Waals surface area contributed by atoms with Crippen LogP contribution in [0.2, 0.25) is 0 Å². The molecular weight excluding hydrogens is 246 g/mol. The smallest absolute Gasteiger partial charge is 0.130 e. The van der Waals surface area contributed by atoms with E-state index in [0.29, 0.717) is 12.6 Å². The molecule has 0 saturated carbocycles. The van der Waals surface area contributed by atoms with Gasteiger partial charge in [-0.05, 0) is 51.0 Å². The van der Waals surface area contributed by atoms with Gasteiger partial charge in [0.1, 0.15) is 11.6 Å². The van der Waals surface area contributed by atoms with Gasteiger partial charge >= 0.3 is 0 Å². The molecule has 2 nitrogen and oxygen atoms in total. The van der Waals surface area contributed by atoms with Gasteiger partial charge in [-0.15, -0.1) is 0 Å². The number of benzene rings is 1. The zero-order chi connectivity index (χ0) is 13.7. The predicted molar refractivity (Wildman–Crippen MR) is 73.0 cm³/mol. The van der Waals surface area contributed by atoms with Gasteiger partial charge in [0, 0.05) is 18.2 Å². The number of rotatable bonds is 5. The van der Waals surface area contributed by atoms with Crippen LogP contribution in [0.1, 0.15) is 31.7 Å². The van der Waals surface area contributed by atoms with E-state index in [1.165, 1.54) is 18.2 Å². The fourth-order valence-corrected chi connectivity index (χ4v) is 2.74. The number of piperidine rings is 1. The van der Waals surface area contributed by atoms with Crippen molar-refractivity contribution in [1.29, 1.82) is 0 Å². The van der Waals surface area contributed by atoms with E-state index in [1.807, 2.05) is 0 Å². The number of hydrogen-bond donors (Lipinski definition) is 1. The number of nitrogens with one attached hydrogen (secondary N) is 1. The Kier molecular flexibility index (Phi) is 5.28. The van der Waals surface area contributed by atoms with E-state index >= 15 is 0 Å². The Morgan fingerprint density at radius 2 is 1.84 bits per heavy atom.